The molecule has 1 saturated heterocycles. The number of aromatic nitrogens is 3. The largest absolute Gasteiger partial charge is 0.340 e. The fourth-order valence-corrected chi connectivity index (χ4v) is 4.29. The van der Waals surface area contributed by atoms with Crippen LogP contribution >= 0.6 is 11.3 Å². The van der Waals surface area contributed by atoms with Crippen molar-refractivity contribution in [2.24, 2.45) is 0 Å². The second kappa shape index (κ2) is 6.96. The Morgan fingerprint density at radius 2 is 2.32 bits per heavy atom. The van der Waals surface area contributed by atoms with Crippen LogP contribution in [-0.4, -0.2) is 38.4 Å². The molecule has 1 aliphatic rings. The van der Waals surface area contributed by atoms with Crippen LogP contribution in [0.5, 0.6) is 0 Å². The molecule has 1 aliphatic heterocycles. The monoisotopic (exact) mass is 354 g/mol. The molecule has 5 nitrogen and oxygen atoms in total. The van der Waals surface area contributed by atoms with Crippen LogP contribution in [0.1, 0.15) is 37.2 Å². The topological polar surface area (TPSA) is 51.0 Å². The van der Waals surface area contributed by atoms with Crippen molar-refractivity contribution in [1.82, 2.24) is 19.4 Å². The second-order valence-electron chi connectivity index (χ2n) is 6.58. The molecule has 1 fully saturated rings. The van der Waals surface area contributed by atoms with Crippen LogP contribution in [0.2, 0.25) is 0 Å². The number of nitrogens with zero attached hydrogens (tertiary/aromatic N) is 4. The van der Waals surface area contributed by atoms with E-state index in [2.05, 4.69) is 21.9 Å². The summed E-state index contributed by atoms with van der Waals surface area (Å²) in [5, 5.41) is 4.08. The Balaban J connectivity index is 1.56. The first-order chi connectivity index (χ1) is 12.3. The molecule has 3 aromatic rings. The molecule has 1 amide bonds. The summed E-state index contributed by atoms with van der Waals surface area (Å²) in [6.45, 7) is 3.73. The number of likely N-dealkylation sites (tertiary alicyclic amines) is 1. The molecule has 0 aliphatic carbocycles. The van der Waals surface area contributed by atoms with E-state index in [4.69, 9.17) is 4.98 Å². The summed E-state index contributed by atoms with van der Waals surface area (Å²) in [7, 11) is 0. The van der Waals surface area contributed by atoms with Crippen molar-refractivity contribution in [2.75, 3.05) is 13.1 Å². The number of hydrogen-bond acceptors (Lipinski definition) is 4. The number of aryl methyl sites for hydroxylation is 1. The summed E-state index contributed by atoms with van der Waals surface area (Å²) in [5.74, 6) is 1.31. The highest BCUT2D eigenvalue weighted by atomic mass is 32.1. The average Bonchev–Trinajstić information content (AvgIpc) is 3.33. The van der Waals surface area contributed by atoms with Gasteiger partial charge in [0.2, 0.25) is 5.91 Å². The highest BCUT2D eigenvalue weighted by molar-refractivity contribution is 7.08. The lowest BCUT2D eigenvalue weighted by molar-refractivity contribution is -0.129. The third-order valence-electron chi connectivity index (χ3n) is 4.81. The van der Waals surface area contributed by atoms with E-state index >= 15 is 0 Å². The predicted molar refractivity (Wildman–Crippen MR) is 99.8 cm³/mol. The molecule has 6 heteroatoms. The normalized spacial score (nSPS) is 17.5. The number of hydrogen-bond donors (Lipinski definition) is 0. The minimum Gasteiger partial charge on any atom is -0.340 e. The SMILES string of the molecule is CCCc1nc2cccnc2n1C1CCN(C(=O)Cc2ccsc2)C1. The van der Waals surface area contributed by atoms with Crippen molar-refractivity contribution in [2.45, 2.75) is 38.6 Å². The fraction of sp³-hybridized carbons (Fsp3) is 0.421. The third-order valence-corrected chi connectivity index (χ3v) is 5.54. The van der Waals surface area contributed by atoms with Crippen LogP contribution in [0, 0.1) is 0 Å². The number of thiophene rings is 1. The molecule has 4 heterocycles. The standard InChI is InChI=1S/C19H22N4OS/c1-2-4-17-21-16-5-3-8-20-19(16)23(17)15-6-9-22(12-15)18(24)11-14-7-10-25-13-14/h3,5,7-8,10,13,15H,2,4,6,9,11-12H2,1H3. The Morgan fingerprint density at radius 1 is 1.40 bits per heavy atom. The Kier molecular flexibility index (Phi) is 4.53. The van der Waals surface area contributed by atoms with Gasteiger partial charge in [-0.15, -0.1) is 0 Å². The van der Waals surface area contributed by atoms with E-state index in [0.717, 1.165) is 54.9 Å². The minimum atomic E-state index is 0.218. The van der Waals surface area contributed by atoms with E-state index in [1.54, 1.807) is 11.3 Å². The van der Waals surface area contributed by atoms with Crippen LogP contribution in [0.3, 0.4) is 0 Å². The summed E-state index contributed by atoms with van der Waals surface area (Å²) < 4.78 is 2.27. The van der Waals surface area contributed by atoms with Gasteiger partial charge in [0.25, 0.3) is 0 Å². The van der Waals surface area contributed by atoms with Gasteiger partial charge in [-0.3, -0.25) is 4.79 Å². The second-order valence-corrected chi connectivity index (χ2v) is 7.36. The Morgan fingerprint density at radius 3 is 3.12 bits per heavy atom. The molecule has 25 heavy (non-hydrogen) atoms. The van der Waals surface area contributed by atoms with E-state index in [1.807, 2.05) is 34.7 Å². The van der Waals surface area contributed by atoms with E-state index in [9.17, 15) is 4.79 Å². The zero-order valence-corrected chi connectivity index (χ0v) is 15.2. The van der Waals surface area contributed by atoms with Gasteiger partial charge < -0.3 is 9.47 Å². The first-order valence-electron chi connectivity index (χ1n) is 8.87. The molecule has 130 valence electrons. The van der Waals surface area contributed by atoms with Gasteiger partial charge in [0.15, 0.2) is 5.65 Å². The van der Waals surface area contributed by atoms with Gasteiger partial charge >= 0.3 is 0 Å². The molecule has 1 unspecified atom stereocenters. The Labute approximate surface area is 151 Å². The maximum atomic E-state index is 12.6. The molecule has 3 aromatic heterocycles. The van der Waals surface area contributed by atoms with Crippen molar-refractivity contribution >= 4 is 28.4 Å². The number of fused-ring (bicyclic) bond motifs is 1. The number of rotatable bonds is 5. The molecule has 0 N–H and O–H groups in total. The lowest BCUT2D eigenvalue weighted by atomic mass is 10.2. The molecule has 4 rings (SSSR count). The molecule has 1 atom stereocenters. The van der Waals surface area contributed by atoms with Crippen molar-refractivity contribution in [3.8, 4) is 0 Å². The van der Waals surface area contributed by atoms with Gasteiger partial charge in [-0.1, -0.05) is 6.92 Å². The van der Waals surface area contributed by atoms with Crippen LogP contribution in [-0.2, 0) is 17.6 Å². The van der Waals surface area contributed by atoms with Gasteiger partial charge in [-0.25, -0.2) is 9.97 Å². The lowest BCUT2D eigenvalue weighted by Crippen LogP contribution is -2.30. The van der Waals surface area contributed by atoms with Crippen LogP contribution in [0.25, 0.3) is 11.2 Å². The van der Waals surface area contributed by atoms with E-state index in [0.29, 0.717) is 6.42 Å². The molecule has 0 bridgehead atoms. The highest BCUT2D eigenvalue weighted by Crippen LogP contribution is 2.28. The lowest BCUT2D eigenvalue weighted by Gasteiger charge is -2.18. The number of pyridine rings is 1. The van der Waals surface area contributed by atoms with Gasteiger partial charge in [-0.05, 0) is 47.4 Å². The van der Waals surface area contributed by atoms with Crippen molar-refractivity contribution in [1.29, 1.82) is 0 Å². The first kappa shape index (κ1) is 16.3. The van der Waals surface area contributed by atoms with Crippen molar-refractivity contribution in [3.63, 3.8) is 0 Å². The number of carbonyl (C=O) groups excluding carboxylic acids is 1. The summed E-state index contributed by atoms with van der Waals surface area (Å²) in [6.07, 6.45) is 5.28. The highest BCUT2D eigenvalue weighted by Gasteiger charge is 2.30. The summed E-state index contributed by atoms with van der Waals surface area (Å²) in [4.78, 5) is 23.9. The summed E-state index contributed by atoms with van der Waals surface area (Å²) in [5.41, 5.74) is 3.01. The van der Waals surface area contributed by atoms with Gasteiger partial charge in [0.1, 0.15) is 11.3 Å². The van der Waals surface area contributed by atoms with Crippen LogP contribution < -0.4 is 0 Å². The number of carbonyl (C=O) groups is 1. The van der Waals surface area contributed by atoms with Crippen LogP contribution in [0.4, 0.5) is 0 Å². The quantitative estimate of drug-likeness (QED) is 0.705. The zero-order valence-electron chi connectivity index (χ0n) is 14.4. The molecule has 0 radical (unpaired) electrons. The summed E-state index contributed by atoms with van der Waals surface area (Å²) in [6, 6.07) is 6.25. The first-order valence-corrected chi connectivity index (χ1v) is 9.81. The third kappa shape index (κ3) is 3.18. The predicted octanol–water partition coefficient (Wildman–Crippen LogP) is 3.46. The van der Waals surface area contributed by atoms with Crippen molar-refractivity contribution < 1.29 is 4.79 Å². The number of amides is 1. The van der Waals surface area contributed by atoms with E-state index in [1.165, 1.54) is 0 Å². The maximum Gasteiger partial charge on any atom is 0.227 e. The van der Waals surface area contributed by atoms with Crippen molar-refractivity contribution in [3.05, 3.63) is 46.5 Å². The van der Waals surface area contributed by atoms with Crippen LogP contribution in [0.15, 0.2) is 35.2 Å². The Bertz CT molecular complexity index is 871. The summed E-state index contributed by atoms with van der Waals surface area (Å²) >= 11 is 1.64. The molecular formula is C19H22N4OS. The molecule has 0 aromatic carbocycles. The Hall–Kier alpha value is -2.21. The zero-order chi connectivity index (χ0) is 17.2. The minimum absolute atomic E-state index is 0.218. The average molecular weight is 354 g/mol. The van der Waals surface area contributed by atoms with E-state index in [-0.39, 0.29) is 11.9 Å². The molecular weight excluding hydrogens is 332 g/mol. The van der Waals surface area contributed by atoms with Gasteiger partial charge in [0.05, 0.1) is 12.5 Å². The smallest absolute Gasteiger partial charge is 0.227 e. The van der Waals surface area contributed by atoms with Gasteiger partial charge in [-0.2, -0.15) is 11.3 Å². The molecule has 0 spiro atoms. The van der Waals surface area contributed by atoms with Gasteiger partial charge in [0, 0.05) is 25.7 Å². The van der Waals surface area contributed by atoms with E-state index < -0.39 is 0 Å². The number of imidazole rings is 1. The fourth-order valence-electron chi connectivity index (χ4n) is 3.62. The maximum absolute atomic E-state index is 12.6. The molecule has 0 saturated carbocycles.